The second-order valence-electron chi connectivity index (χ2n) is 5.07. The lowest BCUT2D eigenvalue weighted by Gasteiger charge is -2.11. The van der Waals surface area contributed by atoms with Crippen molar-refractivity contribution in [3.63, 3.8) is 0 Å². The summed E-state index contributed by atoms with van der Waals surface area (Å²) in [6.45, 7) is 5.65. The van der Waals surface area contributed by atoms with Gasteiger partial charge in [0.2, 0.25) is 5.91 Å². The molecule has 1 aromatic heterocycles. The van der Waals surface area contributed by atoms with E-state index in [4.69, 9.17) is 0 Å². The lowest BCUT2D eigenvalue weighted by atomic mass is 10.0. The molecule has 0 unspecified atom stereocenters. The van der Waals surface area contributed by atoms with Crippen molar-refractivity contribution in [3.8, 4) is 6.07 Å². The van der Waals surface area contributed by atoms with Gasteiger partial charge in [0.1, 0.15) is 11.1 Å². The highest BCUT2D eigenvalue weighted by Gasteiger charge is 2.23. The minimum Gasteiger partial charge on any atom is -0.344 e. The molecule has 1 aromatic rings. The highest BCUT2D eigenvalue weighted by atomic mass is 32.1. The highest BCUT2D eigenvalue weighted by molar-refractivity contribution is 7.18. The van der Waals surface area contributed by atoms with Gasteiger partial charge < -0.3 is 10.2 Å². The van der Waals surface area contributed by atoms with E-state index in [1.807, 2.05) is 13.8 Å². The van der Waals surface area contributed by atoms with E-state index in [9.17, 15) is 14.9 Å². The van der Waals surface area contributed by atoms with Gasteiger partial charge in [-0.25, -0.2) is 0 Å². The molecule has 0 bridgehead atoms. The van der Waals surface area contributed by atoms with E-state index >= 15 is 0 Å². The van der Waals surface area contributed by atoms with Crippen LogP contribution in [0.3, 0.4) is 0 Å². The third kappa shape index (κ3) is 3.61. The Morgan fingerprint density at radius 2 is 1.90 bits per heavy atom. The molecule has 21 heavy (non-hydrogen) atoms. The molecule has 0 atom stereocenters. The molecule has 0 aliphatic rings. The fraction of sp³-hybridized carbons (Fsp3) is 0.533. The fourth-order valence-electron chi connectivity index (χ4n) is 2.02. The normalized spacial score (nSPS) is 10.3. The van der Waals surface area contributed by atoms with E-state index in [1.54, 1.807) is 21.0 Å². The predicted molar refractivity (Wildman–Crippen MR) is 84.5 cm³/mol. The second kappa shape index (κ2) is 7.23. The summed E-state index contributed by atoms with van der Waals surface area (Å²) >= 11 is 1.17. The molecule has 0 fully saturated rings. The molecule has 0 saturated carbocycles. The van der Waals surface area contributed by atoms with Crippen LogP contribution in [0.1, 0.15) is 47.5 Å². The van der Waals surface area contributed by atoms with Crippen LogP contribution >= 0.6 is 11.3 Å². The van der Waals surface area contributed by atoms with Gasteiger partial charge in [-0.2, -0.15) is 5.26 Å². The number of thiophene rings is 1. The van der Waals surface area contributed by atoms with Crippen molar-refractivity contribution in [2.45, 2.75) is 33.6 Å². The van der Waals surface area contributed by atoms with Crippen LogP contribution in [0.5, 0.6) is 0 Å². The molecular weight excluding hydrogens is 286 g/mol. The SMILES string of the molecule is CCC(CC)C(=O)Nc1sc(C(=O)N(C)C)c(C)c1C#N. The average Bonchev–Trinajstić information content (AvgIpc) is 2.75. The average molecular weight is 307 g/mol. The van der Waals surface area contributed by atoms with Crippen molar-refractivity contribution >= 4 is 28.2 Å². The van der Waals surface area contributed by atoms with Crippen LogP contribution in [0.15, 0.2) is 0 Å². The second-order valence-corrected chi connectivity index (χ2v) is 6.09. The zero-order valence-electron chi connectivity index (χ0n) is 13.1. The summed E-state index contributed by atoms with van der Waals surface area (Å²) in [7, 11) is 3.33. The molecular formula is C15H21N3O2S. The van der Waals surface area contributed by atoms with Crippen LogP contribution in [-0.2, 0) is 4.79 Å². The number of hydrogen-bond acceptors (Lipinski definition) is 4. The Bertz CT molecular complexity index is 580. The third-order valence-corrected chi connectivity index (χ3v) is 4.65. The van der Waals surface area contributed by atoms with Crippen molar-refractivity contribution in [1.29, 1.82) is 5.26 Å². The lowest BCUT2D eigenvalue weighted by Crippen LogP contribution is -2.21. The maximum Gasteiger partial charge on any atom is 0.263 e. The monoisotopic (exact) mass is 307 g/mol. The Morgan fingerprint density at radius 1 is 1.33 bits per heavy atom. The Morgan fingerprint density at radius 3 is 2.33 bits per heavy atom. The number of rotatable bonds is 5. The summed E-state index contributed by atoms with van der Waals surface area (Å²) in [6, 6.07) is 2.08. The maximum absolute atomic E-state index is 12.2. The topological polar surface area (TPSA) is 73.2 Å². The van der Waals surface area contributed by atoms with Crippen LogP contribution in [0.4, 0.5) is 5.00 Å². The summed E-state index contributed by atoms with van der Waals surface area (Å²) in [5, 5.41) is 12.6. The van der Waals surface area contributed by atoms with Crippen molar-refractivity contribution in [2.24, 2.45) is 5.92 Å². The molecule has 1 heterocycles. The van der Waals surface area contributed by atoms with E-state index in [2.05, 4.69) is 11.4 Å². The van der Waals surface area contributed by atoms with Crippen molar-refractivity contribution in [1.82, 2.24) is 4.90 Å². The molecule has 0 aliphatic heterocycles. The van der Waals surface area contributed by atoms with Crippen molar-refractivity contribution in [2.75, 3.05) is 19.4 Å². The highest BCUT2D eigenvalue weighted by Crippen LogP contribution is 2.33. The molecule has 2 amide bonds. The Kier molecular flexibility index (Phi) is 5.91. The van der Waals surface area contributed by atoms with Gasteiger partial charge in [-0.05, 0) is 25.3 Å². The van der Waals surface area contributed by atoms with Crippen LogP contribution in [0.25, 0.3) is 0 Å². The van der Waals surface area contributed by atoms with E-state index < -0.39 is 0 Å². The van der Waals surface area contributed by atoms with Crippen LogP contribution in [-0.4, -0.2) is 30.8 Å². The quantitative estimate of drug-likeness (QED) is 0.908. The smallest absolute Gasteiger partial charge is 0.263 e. The van der Waals surface area contributed by atoms with Gasteiger partial charge in [-0.15, -0.1) is 11.3 Å². The van der Waals surface area contributed by atoms with Crippen molar-refractivity contribution in [3.05, 3.63) is 16.0 Å². The van der Waals surface area contributed by atoms with E-state index in [1.165, 1.54) is 16.2 Å². The van der Waals surface area contributed by atoms with Gasteiger partial charge >= 0.3 is 0 Å². The Hall–Kier alpha value is -1.87. The number of nitrogens with one attached hydrogen (secondary N) is 1. The van der Waals surface area contributed by atoms with E-state index in [0.29, 0.717) is 21.0 Å². The molecule has 0 radical (unpaired) electrons. The Labute approximate surface area is 129 Å². The van der Waals surface area contributed by atoms with E-state index in [-0.39, 0.29) is 17.7 Å². The lowest BCUT2D eigenvalue weighted by molar-refractivity contribution is -0.120. The molecule has 0 aliphatic carbocycles. The van der Waals surface area contributed by atoms with Gasteiger partial charge in [-0.1, -0.05) is 13.8 Å². The largest absolute Gasteiger partial charge is 0.344 e. The number of amides is 2. The van der Waals surface area contributed by atoms with Gasteiger partial charge in [0.15, 0.2) is 0 Å². The maximum atomic E-state index is 12.2. The molecule has 6 heteroatoms. The summed E-state index contributed by atoms with van der Waals surface area (Å²) in [6.07, 6.45) is 1.50. The zero-order valence-corrected chi connectivity index (χ0v) is 13.9. The number of hydrogen-bond donors (Lipinski definition) is 1. The number of carbonyl (C=O) groups excluding carboxylic acids is 2. The number of nitrogens with zero attached hydrogens (tertiary/aromatic N) is 2. The van der Waals surface area contributed by atoms with Crippen molar-refractivity contribution < 1.29 is 9.59 Å². The van der Waals surface area contributed by atoms with Gasteiger partial charge in [0.05, 0.1) is 10.4 Å². The van der Waals surface area contributed by atoms with Gasteiger partial charge in [0, 0.05) is 20.0 Å². The fourth-order valence-corrected chi connectivity index (χ4v) is 3.20. The zero-order chi connectivity index (χ0) is 16.2. The standard InChI is InChI=1S/C15H21N3O2S/c1-6-10(7-2)13(19)17-14-11(8-16)9(3)12(21-14)15(20)18(4)5/h10H,6-7H2,1-5H3,(H,17,19). The number of anilines is 1. The summed E-state index contributed by atoms with van der Waals surface area (Å²) in [5.74, 6) is -0.328. The molecule has 0 saturated heterocycles. The molecule has 1 rings (SSSR count). The molecule has 1 N–H and O–H groups in total. The summed E-state index contributed by atoms with van der Waals surface area (Å²) in [4.78, 5) is 26.2. The predicted octanol–water partition coefficient (Wildman–Crippen LogP) is 3.00. The summed E-state index contributed by atoms with van der Waals surface area (Å²) in [5.41, 5.74) is 1.01. The minimum atomic E-state index is -0.156. The minimum absolute atomic E-state index is 0.0769. The molecule has 0 spiro atoms. The van der Waals surface area contributed by atoms with Gasteiger partial charge in [-0.3, -0.25) is 9.59 Å². The molecule has 0 aromatic carbocycles. The summed E-state index contributed by atoms with van der Waals surface area (Å²) < 4.78 is 0. The molecule has 114 valence electrons. The number of carbonyl (C=O) groups is 2. The Balaban J connectivity index is 3.15. The van der Waals surface area contributed by atoms with Crippen LogP contribution in [0, 0.1) is 24.2 Å². The van der Waals surface area contributed by atoms with Crippen LogP contribution in [0.2, 0.25) is 0 Å². The molecule has 5 nitrogen and oxygen atoms in total. The van der Waals surface area contributed by atoms with Crippen LogP contribution < -0.4 is 5.32 Å². The number of nitriles is 1. The van der Waals surface area contributed by atoms with E-state index in [0.717, 1.165) is 12.8 Å². The van der Waals surface area contributed by atoms with Gasteiger partial charge in [0.25, 0.3) is 5.91 Å². The first-order valence-electron chi connectivity index (χ1n) is 6.93. The first-order chi connectivity index (χ1) is 9.87. The third-order valence-electron chi connectivity index (χ3n) is 3.45. The first kappa shape index (κ1) is 17.2. The first-order valence-corrected chi connectivity index (χ1v) is 7.74.